The Kier molecular flexibility index (Phi) is 1.77. The molecule has 1 fully saturated rings. The van der Waals surface area contributed by atoms with E-state index in [1.54, 1.807) is 12.1 Å². The van der Waals surface area contributed by atoms with E-state index < -0.39 is 0 Å². The van der Waals surface area contributed by atoms with Gasteiger partial charge >= 0.3 is 0 Å². The van der Waals surface area contributed by atoms with Gasteiger partial charge in [0.15, 0.2) is 0 Å². The monoisotopic (exact) mass is 164 g/mol. The molecule has 1 aliphatic rings. The van der Waals surface area contributed by atoms with Gasteiger partial charge in [-0.15, -0.1) is 0 Å². The van der Waals surface area contributed by atoms with E-state index in [4.69, 9.17) is 10.2 Å². The maximum atomic E-state index is 9.08. The van der Waals surface area contributed by atoms with Crippen LogP contribution in [-0.2, 0) is 0 Å². The Morgan fingerprint density at radius 1 is 1.08 bits per heavy atom. The molecule has 1 aliphatic carbocycles. The number of aliphatic hydroxyl groups is 1. The predicted molar refractivity (Wildman–Crippen MR) is 46.1 cm³/mol. The van der Waals surface area contributed by atoms with Gasteiger partial charge in [0.1, 0.15) is 5.75 Å². The van der Waals surface area contributed by atoms with Gasteiger partial charge in [0, 0.05) is 0 Å². The molecule has 1 aromatic rings. The van der Waals surface area contributed by atoms with E-state index in [1.165, 1.54) is 5.56 Å². The molecule has 2 heteroatoms. The van der Waals surface area contributed by atoms with Crippen molar-refractivity contribution >= 4 is 0 Å². The number of phenolic OH excluding ortho intramolecular Hbond substituents is 1. The normalized spacial score (nSPS) is 28.1. The van der Waals surface area contributed by atoms with Crippen LogP contribution in [0.15, 0.2) is 24.3 Å². The van der Waals surface area contributed by atoms with Gasteiger partial charge < -0.3 is 10.2 Å². The highest BCUT2D eigenvalue weighted by atomic mass is 16.3. The first-order valence-corrected chi connectivity index (χ1v) is 4.22. The minimum atomic E-state index is -0.108. The summed E-state index contributed by atoms with van der Waals surface area (Å²) in [7, 11) is 0. The second-order valence-corrected chi connectivity index (χ2v) is 3.41. The van der Waals surface area contributed by atoms with Crippen molar-refractivity contribution in [3.05, 3.63) is 29.8 Å². The lowest BCUT2D eigenvalue weighted by Crippen LogP contribution is -2.26. The molecule has 1 saturated carbocycles. The van der Waals surface area contributed by atoms with Crippen LogP contribution in [-0.4, -0.2) is 16.3 Å². The molecule has 0 atom stereocenters. The third-order valence-electron chi connectivity index (χ3n) is 2.48. The van der Waals surface area contributed by atoms with E-state index in [1.807, 2.05) is 12.1 Å². The zero-order chi connectivity index (χ0) is 8.55. The highest BCUT2D eigenvalue weighted by molar-refractivity contribution is 5.29. The quantitative estimate of drug-likeness (QED) is 0.662. The summed E-state index contributed by atoms with van der Waals surface area (Å²) >= 11 is 0. The van der Waals surface area contributed by atoms with Crippen LogP contribution in [0.5, 0.6) is 5.75 Å². The van der Waals surface area contributed by atoms with Crippen molar-refractivity contribution in [2.75, 3.05) is 0 Å². The topological polar surface area (TPSA) is 40.5 Å². The summed E-state index contributed by atoms with van der Waals surface area (Å²) in [6, 6.07) is 7.23. The third kappa shape index (κ3) is 1.30. The van der Waals surface area contributed by atoms with Crippen molar-refractivity contribution in [2.24, 2.45) is 0 Å². The lowest BCUT2D eigenvalue weighted by Gasteiger charge is -2.31. The third-order valence-corrected chi connectivity index (χ3v) is 2.48. The van der Waals surface area contributed by atoms with Crippen molar-refractivity contribution in [1.82, 2.24) is 0 Å². The highest BCUT2D eigenvalue weighted by Crippen LogP contribution is 2.36. The highest BCUT2D eigenvalue weighted by Gasteiger charge is 2.28. The number of phenols is 1. The van der Waals surface area contributed by atoms with Crippen LogP contribution < -0.4 is 0 Å². The van der Waals surface area contributed by atoms with E-state index in [-0.39, 0.29) is 6.10 Å². The minimum Gasteiger partial charge on any atom is -0.508 e. The fraction of sp³-hybridized carbons (Fsp3) is 0.400. The molecule has 12 heavy (non-hydrogen) atoms. The number of aromatic hydroxyl groups is 1. The SMILES string of the molecule is Oc1ccc(C2CC(O)C2)cc1. The number of aliphatic hydroxyl groups excluding tert-OH is 1. The molecule has 2 N–H and O–H groups in total. The molecule has 1 aromatic carbocycles. The summed E-state index contributed by atoms with van der Waals surface area (Å²) in [5.74, 6) is 0.805. The number of hydrogen-bond donors (Lipinski definition) is 2. The Hall–Kier alpha value is -1.02. The standard InChI is InChI=1S/C10H12O2/c11-9-3-1-7(2-4-9)8-5-10(12)6-8/h1-4,8,10-12H,5-6H2. The summed E-state index contributed by atoms with van der Waals surface area (Å²) in [4.78, 5) is 0. The van der Waals surface area contributed by atoms with Crippen LogP contribution in [0.2, 0.25) is 0 Å². The predicted octanol–water partition coefficient (Wildman–Crippen LogP) is 1.63. The van der Waals surface area contributed by atoms with Gasteiger partial charge in [0.05, 0.1) is 6.10 Å². The number of benzene rings is 1. The molecule has 0 aromatic heterocycles. The first kappa shape index (κ1) is 7.62. The Balaban J connectivity index is 2.09. The van der Waals surface area contributed by atoms with E-state index in [2.05, 4.69) is 0 Å². The van der Waals surface area contributed by atoms with Crippen molar-refractivity contribution in [3.8, 4) is 5.75 Å². The molecule has 0 bridgehead atoms. The van der Waals surface area contributed by atoms with Crippen LogP contribution in [0.4, 0.5) is 0 Å². The van der Waals surface area contributed by atoms with Crippen LogP contribution in [0.1, 0.15) is 24.3 Å². The maximum absolute atomic E-state index is 9.08. The fourth-order valence-corrected chi connectivity index (χ4v) is 1.61. The average molecular weight is 164 g/mol. The van der Waals surface area contributed by atoms with E-state index in [9.17, 15) is 0 Å². The van der Waals surface area contributed by atoms with E-state index >= 15 is 0 Å². The molecular weight excluding hydrogens is 152 g/mol. The fourth-order valence-electron chi connectivity index (χ4n) is 1.61. The number of rotatable bonds is 1. The molecule has 2 rings (SSSR count). The van der Waals surface area contributed by atoms with Gasteiger partial charge in [-0.3, -0.25) is 0 Å². The first-order valence-electron chi connectivity index (χ1n) is 4.22. The van der Waals surface area contributed by atoms with Crippen LogP contribution in [0.25, 0.3) is 0 Å². The first-order chi connectivity index (χ1) is 5.75. The zero-order valence-electron chi connectivity index (χ0n) is 6.77. The smallest absolute Gasteiger partial charge is 0.115 e. The minimum absolute atomic E-state index is 0.108. The van der Waals surface area contributed by atoms with Crippen LogP contribution in [0.3, 0.4) is 0 Å². The Labute approximate surface area is 71.5 Å². The van der Waals surface area contributed by atoms with Gasteiger partial charge in [0.2, 0.25) is 0 Å². The van der Waals surface area contributed by atoms with Crippen LogP contribution >= 0.6 is 0 Å². The molecule has 64 valence electrons. The van der Waals surface area contributed by atoms with Crippen molar-refractivity contribution in [3.63, 3.8) is 0 Å². The van der Waals surface area contributed by atoms with Gasteiger partial charge in [-0.25, -0.2) is 0 Å². The van der Waals surface area contributed by atoms with Crippen molar-refractivity contribution in [2.45, 2.75) is 24.9 Å². The molecule has 0 aliphatic heterocycles. The summed E-state index contributed by atoms with van der Waals surface area (Å²) < 4.78 is 0. The van der Waals surface area contributed by atoms with Crippen LogP contribution in [0, 0.1) is 0 Å². The second kappa shape index (κ2) is 2.79. The summed E-state index contributed by atoms with van der Waals surface area (Å²) in [6.07, 6.45) is 1.62. The van der Waals surface area contributed by atoms with Gasteiger partial charge in [0.25, 0.3) is 0 Å². The van der Waals surface area contributed by atoms with Gasteiger partial charge in [-0.2, -0.15) is 0 Å². The Morgan fingerprint density at radius 3 is 2.17 bits per heavy atom. The molecule has 0 spiro atoms. The van der Waals surface area contributed by atoms with Crippen molar-refractivity contribution in [1.29, 1.82) is 0 Å². The molecule has 2 nitrogen and oxygen atoms in total. The lowest BCUT2D eigenvalue weighted by atomic mass is 9.78. The second-order valence-electron chi connectivity index (χ2n) is 3.41. The molecule has 0 unspecified atom stereocenters. The maximum Gasteiger partial charge on any atom is 0.115 e. The van der Waals surface area contributed by atoms with E-state index in [0.29, 0.717) is 11.7 Å². The Morgan fingerprint density at radius 2 is 1.67 bits per heavy atom. The molecular formula is C10H12O2. The van der Waals surface area contributed by atoms with Gasteiger partial charge in [-0.05, 0) is 36.5 Å². The van der Waals surface area contributed by atoms with E-state index in [0.717, 1.165) is 12.8 Å². The van der Waals surface area contributed by atoms with Crippen molar-refractivity contribution < 1.29 is 10.2 Å². The summed E-state index contributed by atoms with van der Waals surface area (Å²) in [5, 5.41) is 18.1. The largest absolute Gasteiger partial charge is 0.508 e. The molecule has 0 amide bonds. The number of hydrogen-bond acceptors (Lipinski definition) is 2. The average Bonchev–Trinajstić information content (AvgIpc) is 2.01. The summed E-state index contributed by atoms with van der Waals surface area (Å²) in [5.41, 5.74) is 1.22. The lowest BCUT2D eigenvalue weighted by molar-refractivity contribution is 0.0746. The molecule has 0 saturated heterocycles. The Bertz CT molecular complexity index is 260. The molecule has 0 heterocycles. The summed E-state index contributed by atoms with van der Waals surface area (Å²) in [6.45, 7) is 0. The zero-order valence-corrected chi connectivity index (χ0v) is 6.77. The molecule has 0 radical (unpaired) electrons. The van der Waals surface area contributed by atoms with Gasteiger partial charge in [-0.1, -0.05) is 12.1 Å².